The highest BCUT2D eigenvalue weighted by molar-refractivity contribution is 5.76. The Morgan fingerprint density at radius 2 is 0.539 bits per heavy atom. The van der Waals surface area contributed by atoms with E-state index in [1.165, 1.54) is 340 Å². The number of carbonyl (C=O) groups excluding carboxylic acids is 2. The lowest BCUT2D eigenvalue weighted by molar-refractivity contribution is -0.143. The maximum atomic E-state index is 12.5. The van der Waals surface area contributed by atoms with Crippen molar-refractivity contribution in [1.82, 2.24) is 5.32 Å². The van der Waals surface area contributed by atoms with Gasteiger partial charge < -0.3 is 20.3 Å². The van der Waals surface area contributed by atoms with E-state index in [2.05, 4.69) is 19.2 Å². The minimum absolute atomic E-state index is 0.0184. The van der Waals surface area contributed by atoms with E-state index in [1.807, 2.05) is 0 Å². The Bertz CT molecular complexity index is 1100. The number of ether oxygens (including phenoxy) is 1. The standard InChI is InChI=1S/C70H139NO5/c1-3-5-7-9-11-13-15-17-19-21-26-30-34-38-42-46-50-54-58-62-68(73)67(66-72)71-69(74)63-59-55-51-47-43-39-35-31-28-24-23-25-29-33-37-41-45-49-53-57-61-65-76-70(75)64-60-56-52-48-44-40-36-32-27-22-20-18-16-14-12-10-8-6-4-2/h67-68,72-73H,3-66H2,1-2H3,(H,71,74). The molecule has 2 atom stereocenters. The normalized spacial score (nSPS) is 12.4. The third kappa shape index (κ3) is 62.1. The zero-order chi connectivity index (χ0) is 55.0. The predicted octanol–water partition coefficient (Wildman–Crippen LogP) is 22.6. The minimum atomic E-state index is -0.665. The summed E-state index contributed by atoms with van der Waals surface area (Å²) in [5, 5.41) is 23.4. The van der Waals surface area contributed by atoms with E-state index in [1.54, 1.807) is 0 Å². The first-order valence-electron chi connectivity index (χ1n) is 35.3. The van der Waals surface area contributed by atoms with Gasteiger partial charge in [0.05, 0.1) is 25.4 Å². The molecule has 0 aromatic rings. The summed E-state index contributed by atoms with van der Waals surface area (Å²) in [6.45, 7) is 5.00. The van der Waals surface area contributed by atoms with Crippen LogP contribution in [0.5, 0.6) is 0 Å². The van der Waals surface area contributed by atoms with Gasteiger partial charge in [0, 0.05) is 12.8 Å². The smallest absolute Gasteiger partial charge is 0.305 e. The molecule has 6 nitrogen and oxygen atoms in total. The Hall–Kier alpha value is -1.14. The summed E-state index contributed by atoms with van der Waals surface area (Å²) in [5.74, 6) is -0.0124. The predicted molar refractivity (Wildman–Crippen MR) is 334 cm³/mol. The summed E-state index contributed by atoms with van der Waals surface area (Å²) in [7, 11) is 0. The molecule has 1 amide bonds. The molecule has 0 aromatic carbocycles. The van der Waals surface area contributed by atoms with Gasteiger partial charge in [-0.2, -0.15) is 0 Å². The number of rotatable bonds is 67. The van der Waals surface area contributed by atoms with Crippen LogP contribution in [0.1, 0.15) is 412 Å². The Morgan fingerprint density at radius 1 is 0.316 bits per heavy atom. The molecule has 0 fully saturated rings. The van der Waals surface area contributed by atoms with Crippen LogP contribution in [0.4, 0.5) is 0 Å². The largest absolute Gasteiger partial charge is 0.466 e. The highest BCUT2D eigenvalue weighted by atomic mass is 16.5. The zero-order valence-electron chi connectivity index (χ0n) is 52.0. The van der Waals surface area contributed by atoms with Crippen LogP contribution < -0.4 is 5.32 Å². The van der Waals surface area contributed by atoms with Gasteiger partial charge in [0.15, 0.2) is 0 Å². The topological polar surface area (TPSA) is 95.9 Å². The molecule has 0 spiro atoms. The second kappa shape index (κ2) is 66.4. The Balaban J connectivity index is 3.35. The maximum absolute atomic E-state index is 12.5. The SMILES string of the molecule is CCCCCCCCCCCCCCCCCCCCCC(=O)OCCCCCCCCCCCCCCCCCCCCCCCC(=O)NC(CO)C(O)CCCCCCCCCCCCCCCCCCCCC. The van der Waals surface area contributed by atoms with Crippen molar-refractivity contribution in [2.75, 3.05) is 13.2 Å². The van der Waals surface area contributed by atoms with Gasteiger partial charge in [-0.15, -0.1) is 0 Å². The van der Waals surface area contributed by atoms with Crippen molar-refractivity contribution in [2.24, 2.45) is 0 Å². The lowest BCUT2D eigenvalue weighted by atomic mass is 10.0. The van der Waals surface area contributed by atoms with Crippen molar-refractivity contribution in [1.29, 1.82) is 0 Å². The maximum Gasteiger partial charge on any atom is 0.305 e. The first-order valence-corrected chi connectivity index (χ1v) is 35.3. The van der Waals surface area contributed by atoms with Gasteiger partial charge in [0.2, 0.25) is 5.91 Å². The second-order valence-electron chi connectivity index (χ2n) is 24.6. The number of aliphatic hydroxyl groups excluding tert-OH is 2. The fraction of sp³-hybridized carbons (Fsp3) is 0.971. The molecule has 0 heterocycles. The van der Waals surface area contributed by atoms with Crippen molar-refractivity contribution >= 4 is 11.9 Å². The molecule has 0 radical (unpaired) electrons. The summed E-state index contributed by atoms with van der Waals surface area (Å²) in [5.41, 5.74) is 0. The van der Waals surface area contributed by atoms with Crippen LogP contribution >= 0.6 is 0 Å². The molecule has 0 aliphatic carbocycles. The van der Waals surface area contributed by atoms with Crippen LogP contribution in [0.25, 0.3) is 0 Å². The van der Waals surface area contributed by atoms with Crippen LogP contribution in [0, 0.1) is 0 Å². The molecule has 2 unspecified atom stereocenters. The third-order valence-corrected chi connectivity index (χ3v) is 16.9. The molecule has 0 aromatic heterocycles. The number of hydrogen-bond acceptors (Lipinski definition) is 5. The Labute approximate surface area is 476 Å². The van der Waals surface area contributed by atoms with E-state index >= 15 is 0 Å². The van der Waals surface area contributed by atoms with Gasteiger partial charge >= 0.3 is 5.97 Å². The summed E-state index contributed by atoms with van der Waals surface area (Å²) in [6.07, 6.45) is 80.0. The van der Waals surface area contributed by atoms with E-state index in [-0.39, 0.29) is 18.5 Å². The van der Waals surface area contributed by atoms with Crippen molar-refractivity contribution < 1.29 is 24.5 Å². The minimum Gasteiger partial charge on any atom is -0.466 e. The molecule has 0 saturated carbocycles. The summed E-state index contributed by atoms with van der Waals surface area (Å²) >= 11 is 0. The zero-order valence-corrected chi connectivity index (χ0v) is 52.0. The molecule has 6 heteroatoms. The van der Waals surface area contributed by atoms with E-state index in [0.717, 1.165) is 38.5 Å². The van der Waals surface area contributed by atoms with E-state index in [9.17, 15) is 19.8 Å². The number of carbonyl (C=O) groups is 2. The fourth-order valence-electron chi connectivity index (χ4n) is 11.5. The number of nitrogens with one attached hydrogen (secondary N) is 1. The summed E-state index contributed by atoms with van der Waals surface area (Å²) in [6, 6.07) is -0.542. The van der Waals surface area contributed by atoms with Crippen molar-refractivity contribution in [3.63, 3.8) is 0 Å². The van der Waals surface area contributed by atoms with Gasteiger partial charge in [-0.1, -0.05) is 373 Å². The summed E-state index contributed by atoms with van der Waals surface area (Å²) < 4.78 is 5.51. The lowest BCUT2D eigenvalue weighted by Gasteiger charge is -2.22. The first-order chi connectivity index (χ1) is 37.5. The highest BCUT2D eigenvalue weighted by Gasteiger charge is 2.20. The quantitative estimate of drug-likeness (QED) is 0.0417. The number of aliphatic hydroxyl groups is 2. The van der Waals surface area contributed by atoms with Gasteiger partial charge in [-0.25, -0.2) is 0 Å². The third-order valence-electron chi connectivity index (χ3n) is 16.9. The van der Waals surface area contributed by atoms with Crippen LogP contribution in [0.3, 0.4) is 0 Å². The molecular weight excluding hydrogens is 935 g/mol. The fourth-order valence-corrected chi connectivity index (χ4v) is 11.5. The molecule has 0 rings (SSSR count). The number of esters is 1. The molecule has 0 saturated heterocycles. The van der Waals surface area contributed by atoms with E-state index < -0.39 is 12.1 Å². The average Bonchev–Trinajstić information content (AvgIpc) is 3.42. The molecule has 0 bridgehead atoms. The van der Waals surface area contributed by atoms with Gasteiger partial charge in [0.1, 0.15) is 0 Å². The number of amides is 1. The first kappa shape index (κ1) is 74.9. The van der Waals surface area contributed by atoms with Crippen LogP contribution in [-0.2, 0) is 14.3 Å². The van der Waals surface area contributed by atoms with Gasteiger partial charge in [0.25, 0.3) is 0 Å². The molecular formula is C70H139NO5. The van der Waals surface area contributed by atoms with Crippen molar-refractivity contribution in [3.05, 3.63) is 0 Å². The highest BCUT2D eigenvalue weighted by Crippen LogP contribution is 2.20. The lowest BCUT2D eigenvalue weighted by Crippen LogP contribution is -2.45. The molecule has 454 valence electrons. The molecule has 0 aliphatic rings. The van der Waals surface area contributed by atoms with Crippen LogP contribution in [0.2, 0.25) is 0 Å². The summed E-state index contributed by atoms with van der Waals surface area (Å²) in [4.78, 5) is 24.7. The molecule has 76 heavy (non-hydrogen) atoms. The molecule has 0 aliphatic heterocycles. The molecule has 3 N–H and O–H groups in total. The van der Waals surface area contributed by atoms with Crippen LogP contribution in [0.15, 0.2) is 0 Å². The van der Waals surface area contributed by atoms with Crippen LogP contribution in [-0.4, -0.2) is 47.4 Å². The van der Waals surface area contributed by atoms with Crippen molar-refractivity contribution in [3.8, 4) is 0 Å². The number of hydrogen-bond donors (Lipinski definition) is 3. The van der Waals surface area contributed by atoms with Gasteiger partial charge in [-0.3, -0.25) is 9.59 Å². The Kier molecular flexibility index (Phi) is 65.4. The Morgan fingerprint density at radius 3 is 0.803 bits per heavy atom. The van der Waals surface area contributed by atoms with E-state index in [0.29, 0.717) is 25.9 Å². The van der Waals surface area contributed by atoms with Crippen molar-refractivity contribution in [2.45, 2.75) is 424 Å². The van der Waals surface area contributed by atoms with Gasteiger partial charge in [-0.05, 0) is 25.7 Å². The number of unbranched alkanes of at least 4 members (excludes halogenated alkanes) is 56. The van der Waals surface area contributed by atoms with E-state index in [4.69, 9.17) is 4.74 Å². The second-order valence-corrected chi connectivity index (χ2v) is 24.6. The average molecular weight is 1070 g/mol. The monoisotopic (exact) mass is 1070 g/mol.